The summed E-state index contributed by atoms with van der Waals surface area (Å²) in [6.07, 6.45) is -20.5. The first-order chi connectivity index (χ1) is 20.9. The molecule has 0 saturated heterocycles. The molecule has 0 saturated carbocycles. The standard InChI is InChI=1S/C15H11FN2O.C12H4BrF12NO/c1-10-3-2-4-13(14(10)16)18-15(19)12-7-5-11(9-17)6-8-12;13-6-2-4(8(14,10(17,18)19)11(20,21)22)1-5(7(6)26-3-27)9(15,16)12(23,24)25/h2-8H,1H3,(H,18,19);1-3H,(H,26,27). The first kappa shape index (κ1) is 37.8. The molecule has 19 heteroatoms. The molecule has 46 heavy (non-hydrogen) atoms. The van der Waals surface area contributed by atoms with Crippen LogP contribution in [0.15, 0.2) is 59.1 Å². The van der Waals surface area contributed by atoms with Crippen LogP contribution in [0.4, 0.5) is 68.5 Å². The van der Waals surface area contributed by atoms with E-state index in [0.29, 0.717) is 16.7 Å². The van der Waals surface area contributed by atoms with Gasteiger partial charge in [0.2, 0.25) is 6.41 Å². The lowest BCUT2D eigenvalue weighted by molar-refractivity contribution is -0.348. The van der Waals surface area contributed by atoms with Crippen LogP contribution in [0.2, 0.25) is 0 Å². The number of amides is 2. The summed E-state index contributed by atoms with van der Waals surface area (Å²) in [5.74, 6) is -6.88. The second kappa shape index (κ2) is 13.6. The number of hydrogen-bond donors (Lipinski definition) is 2. The Labute approximate surface area is 258 Å². The van der Waals surface area contributed by atoms with E-state index in [9.17, 15) is 66.7 Å². The second-order valence-corrected chi connectivity index (χ2v) is 9.80. The molecule has 0 fully saturated rings. The minimum Gasteiger partial charge on any atom is -0.327 e. The molecule has 0 aliphatic heterocycles. The van der Waals surface area contributed by atoms with E-state index in [0.717, 1.165) is 0 Å². The second-order valence-electron chi connectivity index (χ2n) is 8.95. The molecule has 3 rings (SSSR count). The van der Waals surface area contributed by atoms with Gasteiger partial charge in [0.25, 0.3) is 5.91 Å². The van der Waals surface area contributed by atoms with E-state index in [-0.39, 0.29) is 11.8 Å². The van der Waals surface area contributed by atoms with Gasteiger partial charge in [-0.25, -0.2) is 8.78 Å². The molecular formula is C27H15BrF13N3O2. The zero-order chi connectivity index (χ0) is 35.5. The van der Waals surface area contributed by atoms with E-state index in [1.54, 1.807) is 31.2 Å². The third-order valence-electron chi connectivity index (χ3n) is 5.88. The van der Waals surface area contributed by atoms with Crippen molar-refractivity contribution >= 4 is 39.6 Å². The van der Waals surface area contributed by atoms with Gasteiger partial charge in [-0.05, 0) is 70.9 Å². The molecule has 5 nitrogen and oxygen atoms in total. The van der Waals surface area contributed by atoms with Gasteiger partial charge in [-0.2, -0.15) is 53.6 Å². The SMILES string of the molecule is Cc1cccc(NC(=O)c2ccc(C#N)cc2)c1F.O=CNc1c(Br)cc(C(F)(C(F)(F)F)C(F)(F)F)cc1C(F)(F)C(F)(F)F. The van der Waals surface area contributed by atoms with Crippen LogP contribution in [0, 0.1) is 24.1 Å². The lowest BCUT2D eigenvalue weighted by Gasteiger charge is -2.32. The summed E-state index contributed by atoms with van der Waals surface area (Å²) in [4.78, 5) is 22.3. The number of carbonyl (C=O) groups excluding carboxylic acids is 2. The van der Waals surface area contributed by atoms with Gasteiger partial charge in [0.1, 0.15) is 5.82 Å². The molecule has 2 amide bonds. The van der Waals surface area contributed by atoms with Crippen molar-refractivity contribution in [1.29, 1.82) is 5.26 Å². The van der Waals surface area contributed by atoms with Crippen LogP contribution in [0.25, 0.3) is 0 Å². The Kier molecular flexibility index (Phi) is 11.2. The maximum absolute atomic E-state index is 14.0. The summed E-state index contributed by atoms with van der Waals surface area (Å²) in [7, 11) is 0. The Balaban J connectivity index is 0.000000339. The van der Waals surface area contributed by atoms with Gasteiger partial charge in [0.15, 0.2) is 0 Å². The number of benzene rings is 3. The topological polar surface area (TPSA) is 82.0 Å². The number of halogens is 14. The third kappa shape index (κ3) is 7.71. The van der Waals surface area contributed by atoms with E-state index in [4.69, 9.17) is 5.26 Å². The molecular weight excluding hydrogens is 725 g/mol. The summed E-state index contributed by atoms with van der Waals surface area (Å²) in [5.41, 5.74) is -11.4. The Bertz CT molecular complexity index is 1610. The first-order valence-electron chi connectivity index (χ1n) is 11.8. The van der Waals surface area contributed by atoms with Crippen molar-refractivity contribution < 1.29 is 66.7 Å². The number of nitriles is 1. The van der Waals surface area contributed by atoms with Crippen LogP contribution in [-0.4, -0.2) is 30.8 Å². The summed E-state index contributed by atoms with van der Waals surface area (Å²) in [6.45, 7) is 1.63. The molecule has 0 unspecified atom stereocenters. The lowest BCUT2D eigenvalue weighted by Crippen LogP contribution is -2.50. The Morgan fingerprint density at radius 3 is 1.85 bits per heavy atom. The Morgan fingerprint density at radius 1 is 0.848 bits per heavy atom. The van der Waals surface area contributed by atoms with Crippen LogP contribution < -0.4 is 10.6 Å². The fourth-order valence-electron chi connectivity index (χ4n) is 3.53. The fourth-order valence-corrected chi connectivity index (χ4v) is 4.11. The molecule has 0 aromatic heterocycles. The predicted octanol–water partition coefficient (Wildman–Crippen LogP) is 9.22. The molecule has 0 aliphatic carbocycles. The first-order valence-corrected chi connectivity index (χ1v) is 12.6. The predicted molar refractivity (Wildman–Crippen MR) is 139 cm³/mol. The van der Waals surface area contributed by atoms with Gasteiger partial charge in [0.05, 0.1) is 28.6 Å². The number of anilines is 2. The summed E-state index contributed by atoms with van der Waals surface area (Å²) in [5, 5.41) is 12.5. The molecule has 2 N–H and O–H groups in total. The van der Waals surface area contributed by atoms with Crippen LogP contribution in [0.1, 0.15) is 32.6 Å². The average molecular weight is 740 g/mol. The van der Waals surface area contributed by atoms with Crippen molar-refractivity contribution in [2.75, 3.05) is 10.6 Å². The Morgan fingerprint density at radius 2 is 1.39 bits per heavy atom. The van der Waals surface area contributed by atoms with Gasteiger partial charge >= 0.3 is 30.1 Å². The van der Waals surface area contributed by atoms with Crippen molar-refractivity contribution in [3.8, 4) is 6.07 Å². The van der Waals surface area contributed by atoms with Gasteiger partial charge < -0.3 is 10.6 Å². The van der Waals surface area contributed by atoms with Gasteiger partial charge in [-0.1, -0.05) is 12.1 Å². The largest absolute Gasteiger partial charge is 0.458 e. The fraction of sp³-hybridized carbons (Fsp3) is 0.222. The number of aryl methyl sites for hydroxylation is 1. The minimum atomic E-state index is -6.75. The maximum Gasteiger partial charge on any atom is 0.458 e. The molecule has 0 spiro atoms. The summed E-state index contributed by atoms with van der Waals surface area (Å²) >= 11 is 2.16. The number of rotatable bonds is 6. The minimum absolute atomic E-state index is 0.148. The molecule has 0 heterocycles. The maximum atomic E-state index is 14.0. The van der Waals surface area contributed by atoms with E-state index in [2.05, 4.69) is 21.2 Å². The van der Waals surface area contributed by atoms with Crippen molar-refractivity contribution in [1.82, 2.24) is 0 Å². The van der Waals surface area contributed by atoms with E-state index in [1.807, 2.05) is 6.07 Å². The van der Waals surface area contributed by atoms with E-state index < -0.39 is 75.6 Å². The highest BCUT2D eigenvalue weighted by Crippen LogP contribution is 2.56. The van der Waals surface area contributed by atoms with Crippen molar-refractivity contribution in [2.45, 2.75) is 37.0 Å². The van der Waals surface area contributed by atoms with Crippen LogP contribution in [0.3, 0.4) is 0 Å². The molecule has 248 valence electrons. The highest BCUT2D eigenvalue weighted by atomic mass is 79.9. The van der Waals surface area contributed by atoms with Crippen molar-refractivity contribution in [2.24, 2.45) is 0 Å². The molecule has 0 aliphatic rings. The van der Waals surface area contributed by atoms with Crippen molar-refractivity contribution in [3.05, 3.63) is 92.7 Å². The summed E-state index contributed by atoms with van der Waals surface area (Å²) < 4.78 is 168. The number of nitrogens with zero attached hydrogens (tertiary/aromatic N) is 1. The number of nitrogens with one attached hydrogen (secondary N) is 2. The van der Waals surface area contributed by atoms with Gasteiger partial charge in [-0.3, -0.25) is 9.59 Å². The third-order valence-corrected chi connectivity index (χ3v) is 6.51. The smallest absolute Gasteiger partial charge is 0.327 e. The monoisotopic (exact) mass is 739 g/mol. The molecule has 3 aromatic rings. The Hall–Kier alpha value is -4.34. The van der Waals surface area contributed by atoms with Crippen LogP contribution >= 0.6 is 15.9 Å². The molecule has 0 radical (unpaired) electrons. The average Bonchev–Trinajstić information content (AvgIpc) is 2.94. The van der Waals surface area contributed by atoms with Crippen LogP contribution in [0.5, 0.6) is 0 Å². The molecule has 0 bridgehead atoms. The zero-order valence-corrected chi connectivity index (χ0v) is 23.9. The highest BCUT2D eigenvalue weighted by Gasteiger charge is 2.74. The van der Waals surface area contributed by atoms with E-state index >= 15 is 0 Å². The number of alkyl halides is 12. The summed E-state index contributed by atoms with van der Waals surface area (Å²) in [6, 6.07) is 11.7. The normalized spacial score (nSPS) is 12.4. The number of hydrogen-bond acceptors (Lipinski definition) is 3. The molecule has 3 aromatic carbocycles. The number of carbonyl (C=O) groups is 2. The lowest BCUT2D eigenvalue weighted by atomic mass is 9.90. The van der Waals surface area contributed by atoms with Gasteiger partial charge in [-0.15, -0.1) is 0 Å². The quantitative estimate of drug-likeness (QED) is 0.195. The van der Waals surface area contributed by atoms with E-state index in [1.165, 1.54) is 23.5 Å². The zero-order valence-electron chi connectivity index (χ0n) is 22.3. The molecule has 0 atom stereocenters. The van der Waals surface area contributed by atoms with Crippen LogP contribution in [-0.2, 0) is 16.4 Å². The van der Waals surface area contributed by atoms with Gasteiger partial charge in [0, 0.05) is 15.6 Å². The highest BCUT2D eigenvalue weighted by molar-refractivity contribution is 9.10. The van der Waals surface area contributed by atoms with Crippen molar-refractivity contribution in [3.63, 3.8) is 0 Å².